The van der Waals surface area contributed by atoms with E-state index in [1.54, 1.807) is 35.2 Å². The van der Waals surface area contributed by atoms with Crippen LogP contribution in [-0.4, -0.2) is 56.7 Å². The van der Waals surface area contributed by atoms with Gasteiger partial charge in [-0.3, -0.25) is 18.8 Å². The molecule has 3 aromatic rings. The van der Waals surface area contributed by atoms with Crippen LogP contribution in [0.1, 0.15) is 31.4 Å². The number of unbranched alkanes of at least 4 members (excludes halogenated alkanes) is 1. The van der Waals surface area contributed by atoms with Crippen molar-refractivity contribution in [1.29, 1.82) is 0 Å². The molecular formula is C26H31FN6O2. The fourth-order valence-corrected chi connectivity index (χ4v) is 5.16. The van der Waals surface area contributed by atoms with Gasteiger partial charge in [0.15, 0.2) is 0 Å². The Hall–Kier alpha value is -3.33. The van der Waals surface area contributed by atoms with E-state index in [1.165, 1.54) is 10.6 Å². The van der Waals surface area contributed by atoms with Gasteiger partial charge in [-0.2, -0.15) is 0 Å². The Morgan fingerprint density at radius 1 is 0.857 bits per heavy atom. The molecule has 8 nitrogen and oxygen atoms in total. The molecule has 0 saturated carbocycles. The van der Waals surface area contributed by atoms with Crippen molar-refractivity contribution in [1.82, 2.24) is 24.0 Å². The Morgan fingerprint density at radius 3 is 2.37 bits per heavy atom. The number of hydrogen-bond acceptors (Lipinski definition) is 6. The number of anilines is 1. The lowest BCUT2D eigenvalue weighted by Gasteiger charge is -2.34. The summed E-state index contributed by atoms with van der Waals surface area (Å²) in [5, 5.41) is 0. The first-order valence-corrected chi connectivity index (χ1v) is 12.5. The molecule has 0 atom stereocenters. The molecule has 0 amide bonds. The first kappa shape index (κ1) is 23.4. The number of piperazine rings is 1. The summed E-state index contributed by atoms with van der Waals surface area (Å²) >= 11 is 0. The predicted octanol–water partition coefficient (Wildman–Crippen LogP) is 2.54. The van der Waals surface area contributed by atoms with Crippen LogP contribution in [0.5, 0.6) is 0 Å². The fraction of sp³-hybridized carbons (Fsp3) is 0.462. The third kappa shape index (κ3) is 4.91. The first-order valence-electron chi connectivity index (χ1n) is 12.5. The van der Waals surface area contributed by atoms with Gasteiger partial charge >= 0.3 is 5.69 Å². The van der Waals surface area contributed by atoms with Gasteiger partial charge in [-0.25, -0.2) is 19.2 Å². The van der Waals surface area contributed by atoms with E-state index in [2.05, 4.69) is 19.8 Å². The maximum atomic E-state index is 14.7. The highest BCUT2D eigenvalue weighted by Gasteiger charge is 2.24. The highest BCUT2D eigenvalue weighted by atomic mass is 19.1. The number of fused-ring (bicyclic) bond motifs is 1. The SMILES string of the molecule is O=c1c(-c2ccccc2F)c2n(c(=O)n1CCCCN1CCN(c3ncccn3)CC1)CCCC2. The molecule has 0 radical (unpaired) electrons. The number of halogens is 1. The lowest BCUT2D eigenvalue weighted by molar-refractivity contribution is 0.249. The summed E-state index contributed by atoms with van der Waals surface area (Å²) < 4.78 is 17.7. The normalized spacial score (nSPS) is 16.3. The van der Waals surface area contributed by atoms with E-state index < -0.39 is 5.82 Å². The molecule has 2 aliphatic heterocycles. The Bertz CT molecular complexity index is 1280. The second-order valence-corrected chi connectivity index (χ2v) is 9.23. The summed E-state index contributed by atoms with van der Waals surface area (Å²) in [4.78, 5) is 39.8. The molecule has 0 aliphatic carbocycles. The molecule has 0 unspecified atom stereocenters. The smallest absolute Gasteiger partial charge is 0.331 e. The summed E-state index contributed by atoms with van der Waals surface area (Å²) in [6.45, 7) is 5.44. The molecule has 2 aromatic heterocycles. The predicted molar refractivity (Wildman–Crippen MR) is 133 cm³/mol. The van der Waals surface area contributed by atoms with Crippen molar-refractivity contribution in [2.75, 3.05) is 37.6 Å². The van der Waals surface area contributed by atoms with Crippen molar-refractivity contribution < 1.29 is 4.39 Å². The number of benzene rings is 1. The lowest BCUT2D eigenvalue weighted by atomic mass is 9.98. The quantitative estimate of drug-likeness (QED) is 0.486. The average Bonchev–Trinajstić information content (AvgIpc) is 2.90. The summed E-state index contributed by atoms with van der Waals surface area (Å²) in [5.74, 6) is 0.341. The number of rotatable bonds is 7. The molecule has 1 fully saturated rings. The van der Waals surface area contributed by atoms with Crippen LogP contribution in [0.4, 0.5) is 10.3 Å². The van der Waals surface area contributed by atoms with Crippen LogP contribution in [0.15, 0.2) is 52.3 Å². The van der Waals surface area contributed by atoms with E-state index in [-0.39, 0.29) is 16.8 Å². The topological polar surface area (TPSA) is 76.3 Å². The largest absolute Gasteiger partial charge is 0.338 e. The summed E-state index contributed by atoms with van der Waals surface area (Å²) in [6, 6.07) is 8.17. The zero-order valence-electron chi connectivity index (χ0n) is 19.9. The van der Waals surface area contributed by atoms with Crippen LogP contribution in [-0.2, 0) is 19.5 Å². The first-order chi connectivity index (χ1) is 17.1. The van der Waals surface area contributed by atoms with Gasteiger partial charge in [-0.05, 0) is 50.8 Å². The Labute approximate surface area is 203 Å². The van der Waals surface area contributed by atoms with E-state index in [0.29, 0.717) is 37.2 Å². The number of aromatic nitrogens is 4. The van der Waals surface area contributed by atoms with Gasteiger partial charge in [0, 0.05) is 62.9 Å². The average molecular weight is 479 g/mol. The Morgan fingerprint density at radius 2 is 1.60 bits per heavy atom. The van der Waals surface area contributed by atoms with E-state index >= 15 is 0 Å². The molecule has 35 heavy (non-hydrogen) atoms. The zero-order valence-corrected chi connectivity index (χ0v) is 19.9. The third-order valence-corrected chi connectivity index (χ3v) is 7.04. The minimum Gasteiger partial charge on any atom is -0.338 e. The second kappa shape index (κ2) is 10.5. The van der Waals surface area contributed by atoms with E-state index in [0.717, 1.165) is 57.9 Å². The maximum Gasteiger partial charge on any atom is 0.331 e. The fourth-order valence-electron chi connectivity index (χ4n) is 5.16. The molecule has 0 bridgehead atoms. The van der Waals surface area contributed by atoms with Crippen molar-refractivity contribution in [3.63, 3.8) is 0 Å². The highest BCUT2D eigenvalue weighted by molar-refractivity contribution is 5.66. The van der Waals surface area contributed by atoms with Crippen LogP contribution >= 0.6 is 0 Å². The molecule has 1 aromatic carbocycles. The molecule has 1 saturated heterocycles. The monoisotopic (exact) mass is 478 g/mol. The van der Waals surface area contributed by atoms with E-state index in [4.69, 9.17) is 0 Å². The second-order valence-electron chi connectivity index (χ2n) is 9.23. The molecule has 184 valence electrons. The van der Waals surface area contributed by atoms with Crippen LogP contribution in [0.2, 0.25) is 0 Å². The molecular weight excluding hydrogens is 447 g/mol. The molecule has 0 spiro atoms. The van der Waals surface area contributed by atoms with Crippen molar-refractivity contribution in [2.45, 2.75) is 45.2 Å². The standard InChI is InChI=1S/C26H31FN6O2/c27-21-9-2-1-8-20(21)23-22-10-3-4-14-32(22)26(35)33(24(23)34)15-6-5-13-30-16-18-31(19-17-30)25-28-11-7-12-29-25/h1-2,7-9,11-12H,3-6,10,13-19H2. The number of hydrogen-bond donors (Lipinski definition) is 0. The molecule has 2 aliphatic rings. The molecule has 4 heterocycles. The van der Waals surface area contributed by atoms with Gasteiger partial charge in [-0.1, -0.05) is 18.2 Å². The van der Waals surface area contributed by atoms with Gasteiger partial charge in [0.2, 0.25) is 5.95 Å². The summed E-state index contributed by atoms with van der Waals surface area (Å²) in [6.07, 6.45) is 7.53. The van der Waals surface area contributed by atoms with Crippen LogP contribution in [0, 0.1) is 5.82 Å². The van der Waals surface area contributed by atoms with Crippen molar-refractivity contribution in [3.8, 4) is 11.1 Å². The van der Waals surface area contributed by atoms with Crippen LogP contribution in [0.3, 0.4) is 0 Å². The minimum atomic E-state index is -0.428. The van der Waals surface area contributed by atoms with Crippen LogP contribution < -0.4 is 16.1 Å². The minimum absolute atomic E-state index is 0.263. The van der Waals surface area contributed by atoms with E-state index in [1.807, 2.05) is 6.07 Å². The number of nitrogens with zero attached hydrogens (tertiary/aromatic N) is 6. The van der Waals surface area contributed by atoms with Gasteiger partial charge in [-0.15, -0.1) is 0 Å². The van der Waals surface area contributed by atoms with Gasteiger partial charge < -0.3 is 4.90 Å². The molecule has 0 N–H and O–H groups in total. The zero-order chi connectivity index (χ0) is 24.2. The van der Waals surface area contributed by atoms with Crippen molar-refractivity contribution in [2.24, 2.45) is 0 Å². The van der Waals surface area contributed by atoms with Gasteiger partial charge in [0.1, 0.15) is 5.82 Å². The lowest BCUT2D eigenvalue weighted by Crippen LogP contribution is -2.47. The van der Waals surface area contributed by atoms with Crippen LogP contribution in [0.25, 0.3) is 11.1 Å². The molecule has 5 rings (SSSR count). The van der Waals surface area contributed by atoms with Gasteiger partial charge in [0.25, 0.3) is 5.56 Å². The maximum absolute atomic E-state index is 14.7. The summed E-state index contributed by atoms with van der Waals surface area (Å²) in [5.41, 5.74) is 0.678. The van der Waals surface area contributed by atoms with E-state index in [9.17, 15) is 14.0 Å². The third-order valence-electron chi connectivity index (χ3n) is 7.04. The van der Waals surface area contributed by atoms with Crippen molar-refractivity contribution >= 4 is 5.95 Å². The molecule has 9 heteroatoms. The van der Waals surface area contributed by atoms with Gasteiger partial charge in [0.05, 0.1) is 5.56 Å². The Kier molecular flexibility index (Phi) is 7.03. The highest BCUT2D eigenvalue weighted by Crippen LogP contribution is 2.26. The summed E-state index contributed by atoms with van der Waals surface area (Å²) in [7, 11) is 0. The van der Waals surface area contributed by atoms with Crippen molar-refractivity contribution in [3.05, 3.63) is 75.1 Å². The Balaban J connectivity index is 1.26.